The molecule has 1 atom stereocenters. The highest BCUT2D eigenvalue weighted by Crippen LogP contribution is 2.38. The second-order valence-electron chi connectivity index (χ2n) is 6.86. The SMILES string of the molecule is COc1cc(C(=O)Nc2ccc(N3CCCC(OC)C3)cc2)cc(OC)c1OC. The van der Waals surface area contributed by atoms with Crippen LogP contribution in [0.25, 0.3) is 0 Å². The largest absolute Gasteiger partial charge is 0.493 e. The fourth-order valence-corrected chi connectivity index (χ4v) is 3.54. The third kappa shape index (κ3) is 4.74. The van der Waals surface area contributed by atoms with Crippen LogP contribution >= 0.6 is 0 Å². The minimum absolute atomic E-state index is 0.255. The lowest BCUT2D eigenvalue weighted by Gasteiger charge is -2.33. The first-order valence-corrected chi connectivity index (χ1v) is 9.58. The Bertz CT molecular complexity index is 813. The predicted octanol–water partition coefficient (Wildman–Crippen LogP) is 3.58. The Kier molecular flexibility index (Phi) is 6.82. The van der Waals surface area contributed by atoms with Gasteiger partial charge in [-0.2, -0.15) is 0 Å². The number of ether oxygens (including phenoxy) is 4. The molecule has 0 radical (unpaired) electrons. The van der Waals surface area contributed by atoms with Crippen molar-refractivity contribution in [1.29, 1.82) is 0 Å². The van der Waals surface area contributed by atoms with E-state index in [0.29, 0.717) is 28.5 Å². The van der Waals surface area contributed by atoms with Crippen LogP contribution in [0.4, 0.5) is 11.4 Å². The first-order chi connectivity index (χ1) is 14.1. The molecule has 1 saturated heterocycles. The molecule has 3 rings (SSSR count). The summed E-state index contributed by atoms with van der Waals surface area (Å²) in [6.45, 7) is 1.89. The summed E-state index contributed by atoms with van der Waals surface area (Å²) in [6, 6.07) is 11.1. The molecule has 0 saturated carbocycles. The van der Waals surface area contributed by atoms with Crippen LogP contribution in [-0.4, -0.2) is 53.5 Å². The summed E-state index contributed by atoms with van der Waals surface area (Å²) in [5.41, 5.74) is 2.26. The Labute approximate surface area is 171 Å². The van der Waals surface area contributed by atoms with E-state index in [9.17, 15) is 4.79 Å². The van der Waals surface area contributed by atoms with Crippen molar-refractivity contribution in [1.82, 2.24) is 0 Å². The van der Waals surface area contributed by atoms with Crippen LogP contribution in [-0.2, 0) is 4.74 Å². The summed E-state index contributed by atoms with van der Waals surface area (Å²) in [7, 11) is 6.33. The molecule has 7 heteroatoms. The van der Waals surface area contributed by atoms with Crippen molar-refractivity contribution in [3.05, 3.63) is 42.0 Å². The maximum atomic E-state index is 12.7. The van der Waals surface area contributed by atoms with Gasteiger partial charge in [-0.15, -0.1) is 0 Å². The van der Waals surface area contributed by atoms with Crippen LogP contribution in [0.2, 0.25) is 0 Å². The Morgan fingerprint density at radius 1 is 1.00 bits per heavy atom. The van der Waals surface area contributed by atoms with Crippen molar-refractivity contribution >= 4 is 17.3 Å². The molecule has 1 amide bonds. The van der Waals surface area contributed by atoms with Crippen LogP contribution in [0.3, 0.4) is 0 Å². The lowest BCUT2D eigenvalue weighted by Crippen LogP contribution is -2.39. The Balaban J connectivity index is 1.72. The number of amides is 1. The number of hydrogen-bond acceptors (Lipinski definition) is 6. The number of methoxy groups -OCH3 is 4. The van der Waals surface area contributed by atoms with Crippen molar-refractivity contribution in [3.63, 3.8) is 0 Å². The average Bonchev–Trinajstić information content (AvgIpc) is 2.78. The second-order valence-corrected chi connectivity index (χ2v) is 6.86. The number of carbonyl (C=O) groups excluding carboxylic acids is 1. The standard InChI is InChI=1S/C22H28N2O5/c1-26-18-6-5-11-24(14-18)17-9-7-16(8-10-17)23-22(25)15-12-19(27-2)21(29-4)20(13-15)28-3/h7-10,12-13,18H,5-6,11,14H2,1-4H3,(H,23,25). The van der Waals surface area contributed by atoms with E-state index in [4.69, 9.17) is 18.9 Å². The molecular formula is C22H28N2O5. The Morgan fingerprint density at radius 3 is 2.21 bits per heavy atom. The fourth-order valence-electron chi connectivity index (χ4n) is 3.54. The molecule has 1 heterocycles. The van der Waals surface area contributed by atoms with E-state index in [0.717, 1.165) is 31.6 Å². The molecule has 1 fully saturated rings. The van der Waals surface area contributed by atoms with Crippen LogP contribution in [0.5, 0.6) is 17.2 Å². The van der Waals surface area contributed by atoms with Crippen LogP contribution in [0.1, 0.15) is 23.2 Å². The van der Waals surface area contributed by atoms with Crippen molar-refractivity contribution < 1.29 is 23.7 Å². The van der Waals surface area contributed by atoms with Gasteiger partial charge in [0.2, 0.25) is 5.75 Å². The number of piperidine rings is 1. The van der Waals surface area contributed by atoms with Gasteiger partial charge >= 0.3 is 0 Å². The number of nitrogens with zero attached hydrogens (tertiary/aromatic N) is 1. The molecule has 0 bridgehead atoms. The van der Waals surface area contributed by atoms with Gasteiger partial charge in [-0.1, -0.05) is 0 Å². The monoisotopic (exact) mass is 400 g/mol. The zero-order valence-corrected chi connectivity index (χ0v) is 17.4. The molecule has 0 aromatic heterocycles. The van der Waals surface area contributed by atoms with Gasteiger partial charge in [0, 0.05) is 37.1 Å². The number of benzene rings is 2. The second kappa shape index (κ2) is 9.52. The summed E-state index contributed by atoms with van der Waals surface area (Å²) >= 11 is 0. The van der Waals surface area contributed by atoms with E-state index in [1.165, 1.54) is 21.3 Å². The Hall–Kier alpha value is -2.93. The van der Waals surface area contributed by atoms with Crippen molar-refractivity contribution in [2.24, 2.45) is 0 Å². The summed E-state index contributed by atoms with van der Waals surface area (Å²) < 4.78 is 21.4. The molecule has 2 aromatic carbocycles. The number of rotatable bonds is 7. The maximum Gasteiger partial charge on any atom is 0.255 e. The van der Waals surface area contributed by atoms with Gasteiger partial charge in [0.05, 0.1) is 27.4 Å². The molecule has 0 spiro atoms. The predicted molar refractivity (Wildman–Crippen MR) is 113 cm³/mol. The van der Waals surface area contributed by atoms with Crippen molar-refractivity contribution in [2.75, 3.05) is 51.7 Å². The smallest absolute Gasteiger partial charge is 0.255 e. The summed E-state index contributed by atoms with van der Waals surface area (Å²) in [5.74, 6) is 1.07. The van der Waals surface area contributed by atoms with Gasteiger partial charge in [-0.05, 0) is 49.2 Å². The van der Waals surface area contributed by atoms with E-state index in [1.54, 1.807) is 19.2 Å². The van der Waals surface area contributed by atoms with Crippen LogP contribution < -0.4 is 24.4 Å². The third-order valence-corrected chi connectivity index (χ3v) is 5.13. The highest BCUT2D eigenvalue weighted by atomic mass is 16.5. The zero-order valence-electron chi connectivity index (χ0n) is 17.4. The van der Waals surface area contributed by atoms with Gasteiger partial charge in [-0.25, -0.2) is 0 Å². The zero-order chi connectivity index (χ0) is 20.8. The van der Waals surface area contributed by atoms with E-state index in [-0.39, 0.29) is 12.0 Å². The summed E-state index contributed by atoms with van der Waals surface area (Å²) in [4.78, 5) is 15.0. The van der Waals surface area contributed by atoms with Gasteiger partial charge < -0.3 is 29.2 Å². The molecule has 2 aromatic rings. The minimum Gasteiger partial charge on any atom is -0.493 e. The lowest BCUT2D eigenvalue weighted by atomic mass is 10.1. The van der Waals surface area contributed by atoms with Crippen molar-refractivity contribution in [2.45, 2.75) is 18.9 Å². The number of hydrogen-bond donors (Lipinski definition) is 1. The molecule has 1 aliphatic rings. The van der Waals surface area contributed by atoms with E-state index >= 15 is 0 Å². The summed E-state index contributed by atoms with van der Waals surface area (Å²) in [5, 5.41) is 2.91. The van der Waals surface area contributed by atoms with Crippen LogP contribution in [0, 0.1) is 0 Å². The topological polar surface area (TPSA) is 69.3 Å². The molecule has 0 aliphatic carbocycles. The van der Waals surface area contributed by atoms with Crippen molar-refractivity contribution in [3.8, 4) is 17.2 Å². The quantitative estimate of drug-likeness (QED) is 0.766. The lowest BCUT2D eigenvalue weighted by molar-refractivity contribution is 0.0893. The number of anilines is 2. The van der Waals surface area contributed by atoms with E-state index in [1.807, 2.05) is 24.3 Å². The molecule has 1 aliphatic heterocycles. The van der Waals surface area contributed by atoms with E-state index in [2.05, 4.69) is 10.2 Å². The third-order valence-electron chi connectivity index (χ3n) is 5.13. The highest BCUT2D eigenvalue weighted by Gasteiger charge is 2.20. The normalized spacial score (nSPS) is 16.3. The molecule has 156 valence electrons. The van der Waals surface area contributed by atoms with Gasteiger partial charge in [0.15, 0.2) is 11.5 Å². The maximum absolute atomic E-state index is 12.7. The number of nitrogens with one attached hydrogen (secondary N) is 1. The molecule has 29 heavy (non-hydrogen) atoms. The molecular weight excluding hydrogens is 372 g/mol. The minimum atomic E-state index is -0.255. The molecule has 7 nitrogen and oxygen atoms in total. The highest BCUT2D eigenvalue weighted by molar-refractivity contribution is 6.05. The van der Waals surface area contributed by atoms with Gasteiger partial charge in [0.1, 0.15) is 0 Å². The van der Waals surface area contributed by atoms with E-state index < -0.39 is 0 Å². The summed E-state index contributed by atoms with van der Waals surface area (Å²) in [6.07, 6.45) is 2.47. The average molecular weight is 400 g/mol. The van der Waals surface area contributed by atoms with Gasteiger partial charge in [-0.3, -0.25) is 4.79 Å². The van der Waals surface area contributed by atoms with Crippen LogP contribution in [0.15, 0.2) is 36.4 Å². The molecule has 1 N–H and O–H groups in total. The molecule has 1 unspecified atom stereocenters. The first-order valence-electron chi connectivity index (χ1n) is 9.58. The van der Waals surface area contributed by atoms with Gasteiger partial charge in [0.25, 0.3) is 5.91 Å². The Morgan fingerprint density at radius 2 is 1.66 bits per heavy atom. The number of carbonyl (C=O) groups is 1. The fraction of sp³-hybridized carbons (Fsp3) is 0.409. The first kappa shape index (κ1) is 20.8.